The molecule has 2 rings (SSSR count). The average Bonchev–Trinajstić information content (AvgIpc) is 2.39. The lowest BCUT2D eigenvalue weighted by Crippen LogP contribution is -2.46. The Morgan fingerprint density at radius 2 is 2.38 bits per heavy atom. The van der Waals surface area contributed by atoms with E-state index in [1.807, 2.05) is 12.1 Å². The summed E-state index contributed by atoms with van der Waals surface area (Å²) in [6.07, 6.45) is 10.4. The molecule has 1 aliphatic heterocycles. The number of esters is 1. The molecule has 1 N–H and O–H groups in total. The maximum atomic E-state index is 11.9. The molecule has 16 heavy (non-hydrogen) atoms. The number of hydrogen-bond donors (Lipinski definition) is 1. The van der Waals surface area contributed by atoms with Gasteiger partial charge in [0.05, 0.1) is 7.11 Å². The van der Waals surface area contributed by atoms with Crippen molar-refractivity contribution in [1.82, 2.24) is 10.3 Å². The number of hydrogen-bond acceptors (Lipinski definition) is 4. The van der Waals surface area contributed by atoms with Crippen molar-refractivity contribution in [1.29, 1.82) is 0 Å². The molecule has 0 fully saturated rings. The molecule has 0 saturated carbocycles. The molecule has 1 atom stereocenters. The topological polar surface area (TPSA) is 51.2 Å². The molecule has 4 heteroatoms. The predicted molar refractivity (Wildman–Crippen MR) is 59.3 cm³/mol. The van der Waals surface area contributed by atoms with E-state index in [2.05, 4.69) is 10.3 Å². The van der Waals surface area contributed by atoms with Crippen LogP contribution in [0.4, 0.5) is 0 Å². The summed E-state index contributed by atoms with van der Waals surface area (Å²) in [7, 11) is 1.37. The number of pyridine rings is 1. The lowest BCUT2D eigenvalue weighted by atomic mass is 9.89. The minimum Gasteiger partial charge on any atom is -0.467 e. The van der Waals surface area contributed by atoms with E-state index in [9.17, 15) is 4.79 Å². The number of dihydropyridines is 1. The molecule has 1 aliphatic rings. The van der Waals surface area contributed by atoms with Crippen LogP contribution in [0.25, 0.3) is 0 Å². The highest BCUT2D eigenvalue weighted by Gasteiger charge is 2.39. The average molecular weight is 216 g/mol. The first kappa shape index (κ1) is 10.4. The van der Waals surface area contributed by atoms with Crippen LogP contribution < -0.4 is 5.32 Å². The first-order valence-electron chi connectivity index (χ1n) is 4.90. The molecule has 0 aromatic carbocycles. The van der Waals surface area contributed by atoms with Crippen molar-refractivity contribution in [3.8, 4) is 0 Å². The molecule has 82 valence electrons. The second-order valence-electron chi connectivity index (χ2n) is 3.40. The molecule has 0 aliphatic carbocycles. The first-order chi connectivity index (χ1) is 7.79. The summed E-state index contributed by atoms with van der Waals surface area (Å²) in [6, 6.07) is 3.62. The zero-order chi connectivity index (χ0) is 11.4. The fraction of sp³-hybridized carbons (Fsp3) is 0.167. The van der Waals surface area contributed by atoms with Gasteiger partial charge in [-0.25, -0.2) is 4.79 Å². The highest BCUT2D eigenvalue weighted by atomic mass is 16.5. The minimum atomic E-state index is -0.961. The van der Waals surface area contributed by atoms with Crippen molar-refractivity contribution >= 4 is 5.97 Å². The number of carbonyl (C=O) groups excluding carboxylic acids is 1. The smallest absolute Gasteiger partial charge is 0.340 e. The number of ether oxygens (including phenoxy) is 1. The van der Waals surface area contributed by atoms with Gasteiger partial charge in [0.25, 0.3) is 0 Å². The maximum Gasteiger partial charge on any atom is 0.340 e. The number of nitrogens with one attached hydrogen (secondary N) is 1. The number of nitrogens with zero attached hydrogens (tertiary/aromatic N) is 1. The van der Waals surface area contributed by atoms with Crippen LogP contribution >= 0.6 is 0 Å². The lowest BCUT2D eigenvalue weighted by Gasteiger charge is -2.29. The minimum absolute atomic E-state index is 0.360. The highest BCUT2D eigenvalue weighted by molar-refractivity contribution is 5.85. The summed E-state index contributed by atoms with van der Waals surface area (Å²) >= 11 is 0. The van der Waals surface area contributed by atoms with E-state index in [-0.39, 0.29) is 5.97 Å². The number of carbonyl (C=O) groups is 1. The first-order valence-corrected chi connectivity index (χ1v) is 4.90. The quantitative estimate of drug-likeness (QED) is 0.753. The van der Waals surface area contributed by atoms with E-state index in [1.165, 1.54) is 7.11 Å². The fourth-order valence-corrected chi connectivity index (χ4v) is 1.66. The van der Waals surface area contributed by atoms with Gasteiger partial charge in [0.1, 0.15) is 0 Å². The van der Waals surface area contributed by atoms with Gasteiger partial charge in [0.15, 0.2) is 5.54 Å². The molecule has 1 aromatic heterocycles. The summed E-state index contributed by atoms with van der Waals surface area (Å²) in [6.45, 7) is 0. The van der Waals surface area contributed by atoms with Gasteiger partial charge in [-0.2, -0.15) is 0 Å². The number of rotatable bonds is 2. The predicted octanol–water partition coefficient (Wildman–Crippen LogP) is 1.12. The standard InChI is InChI=1S/C12H12N2O2/c1-16-11(15)12(6-2-3-8-14-12)10-5-4-7-13-9-10/h2-9,14H,1H3. The van der Waals surface area contributed by atoms with Crippen LogP contribution in [0.5, 0.6) is 0 Å². The van der Waals surface area contributed by atoms with Crippen LogP contribution in [0.3, 0.4) is 0 Å². The Balaban J connectivity index is 2.47. The summed E-state index contributed by atoms with van der Waals surface area (Å²) in [5.74, 6) is -0.360. The molecule has 0 saturated heterocycles. The fourth-order valence-electron chi connectivity index (χ4n) is 1.66. The van der Waals surface area contributed by atoms with E-state index in [4.69, 9.17) is 4.74 Å². The second kappa shape index (κ2) is 4.18. The molecule has 0 bridgehead atoms. The summed E-state index contributed by atoms with van der Waals surface area (Å²) in [4.78, 5) is 15.9. The molecule has 1 aromatic rings. The number of methoxy groups -OCH3 is 1. The van der Waals surface area contributed by atoms with E-state index < -0.39 is 5.54 Å². The molecule has 0 spiro atoms. The van der Waals surface area contributed by atoms with Gasteiger partial charge in [-0.05, 0) is 24.4 Å². The van der Waals surface area contributed by atoms with Crippen molar-refractivity contribution in [2.45, 2.75) is 5.54 Å². The van der Waals surface area contributed by atoms with E-state index in [0.29, 0.717) is 0 Å². The second-order valence-corrected chi connectivity index (χ2v) is 3.40. The summed E-state index contributed by atoms with van der Waals surface area (Å²) < 4.78 is 4.83. The molecular formula is C12H12N2O2. The van der Waals surface area contributed by atoms with Gasteiger partial charge in [0.2, 0.25) is 0 Å². The van der Waals surface area contributed by atoms with Crippen LogP contribution in [0.1, 0.15) is 5.56 Å². The lowest BCUT2D eigenvalue weighted by molar-refractivity contribution is -0.146. The van der Waals surface area contributed by atoms with E-state index in [1.54, 1.807) is 36.8 Å². The Bertz CT molecular complexity index is 440. The van der Waals surface area contributed by atoms with Gasteiger partial charge < -0.3 is 10.1 Å². The Kier molecular flexibility index (Phi) is 2.72. The zero-order valence-electron chi connectivity index (χ0n) is 8.88. The molecule has 0 radical (unpaired) electrons. The Labute approximate surface area is 93.6 Å². The number of aromatic nitrogens is 1. The van der Waals surface area contributed by atoms with Gasteiger partial charge >= 0.3 is 5.97 Å². The molecular weight excluding hydrogens is 204 g/mol. The van der Waals surface area contributed by atoms with Crippen molar-refractivity contribution in [2.75, 3.05) is 7.11 Å². The van der Waals surface area contributed by atoms with Gasteiger partial charge in [0, 0.05) is 18.0 Å². The SMILES string of the molecule is COC(=O)C1(c2cccnc2)C=CC=CN1. The molecule has 1 unspecified atom stereocenters. The van der Waals surface area contributed by atoms with Crippen molar-refractivity contribution in [2.24, 2.45) is 0 Å². The van der Waals surface area contributed by atoms with Gasteiger partial charge in [-0.1, -0.05) is 12.1 Å². The highest BCUT2D eigenvalue weighted by Crippen LogP contribution is 2.25. The van der Waals surface area contributed by atoms with Gasteiger partial charge in [-0.3, -0.25) is 4.98 Å². The molecule has 2 heterocycles. The normalized spacial score (nSPS) is 22.6. The molecule has 0 amide bonds. The monoisotopic (exact) mass is 216 g/mol. The number of allylic oxidation sites excluding steroid dienone is 2. The third-order valence-electron chi connectivity index (χ3n) is 2.49. The van der Waals surface area contributed by atoms with Gasteiger partial charge in [-0.15, -0.1) is 0 Å². The summed E-state index contributed by atoms with van der Waals surface area (Å²) in [5, 5.41) is 3.02. The van der Waals surface area contributed by atoms with Crippen molar-refractivity contribution < 1.29 is 9.53 Å². The van der Waals surface area contributed by atoms with Crippen LogP contribution in [0.2, 0.25) is 0 Å². The Morgan fingerprint density at radius 3 is 2.94 bits per heavy atom. The van der Waals surface area contributed by atoms with E-state index in [0.717, 1.165) is 5.56 Å². The largest absolute Gasteiger partial charge is 0.467 e. The van der Waals surface area contributed by atoms with E-state index >= 15 is 0 Å². The van der Waals surface area contributed by atoms with Crippen LogP contribution in [-0.2, 0) is 15.1 Å². The van der Waals surface area contributed by atoms with Crippen LogP contribution in [-0.4, -0.2) is 18.1 Å². The molecule has 4 nitrogen and oxygen atoms in total. The zero-order valence-corrected chi connectivity index (χ0v) is 8.88. The third-order valence-corrected chi connectivity index (χ3v) is 2.49. The maximum absolute atomic E-state index is 11.9. The van der Waals surface area contributed by atoms with Crippen molar-refractivity contribution in [3.05, 3.63) is 54.5 Å². The van der Waals surface area contributed by atoms with Crippen LogP contribution in [0.15, 0.2) is 49.0 Å². The Hall–Kier alpha value is -2.10. The van der Waals surface area contributed by atoms with Crippen molar-refractivity contribution in [3.63, 3.8) is 0 Å². The van der Waals surface area contributed by atoms with Crippen LogP contribution in [0, 0.1) is 0 Å². The Morgan fingerprint density at radius 1 is 1.50 bits per heavy atom. The third kappa shape index (κ3) is 1.58. The summed E-state index contributed by atoms with van der Waals surface area (Å²) in [5.41, 5.74) is -0.208.